The van der Waals surface area contributed by atoms with Gasteiger partial charge in [-0.05, 0) is 40.7 Å². The second kappa shape index (κ2) is 6.04. The second-order valence-electron chi connectivity index (χ2n) is 3.40. The molecule has 1 unspecified atom stereocenters. The van der Waals surface area contributed by atoms with Crippen LogP contribution in [0, 0.1) is 0 Å². The molecule has 1 atom stereocenters. The molecule has 0 spiro atoms. The topological polar surface area (TPSA) is 12.0 Å². The Morgan fingerprint density at radius 3 is 2.53 bits per heavy atom. The van der Waals surface area contributed by atoms with E-state index in [0.29, 0.717) is 0 Å². The third-order valence-corrected chi connectivity index (χ3v) is 6.07. The highest BCUT2D eigenvalue weighted by atomic mass is 79.9. The average molecular weight is 371 g/mol. The highest BCUT2D eigenvalue weighted by Gasteiger charge is 2.18. The summed E-state index contributed by atoms with van der Waals surface area (Å²) in [7, 11) is 0. The molecule has 6 heteroatoms. The first-order chi connectivity index (χ1) is 8.11. The number of nitrogens with one attached hydrogen (secondary N) is 1. The molecule has 0 radical (unpaired) electrons. The van der Waals surface area contributed by atoms with E-state index in [1.165, 1.54) is 9.75 Å². The fourth-order valence-electron chi connectivity index (χ4n) is 1.53. The zero-order valence-corrected chi connectivity index (χ0v) is 13.7. The van der Waals surface area contributed by atoms with Gasteiger partial charge in [-0.15, -0.1) is 22.7 Å². The van der Waals surface area contributed by atoms with Gasteiger partial charge in [0.1, 0.15) is 4.34 Å². The molecule has 17 heavy (non-hydrogen) atoms. The van der Waals surface area contributed by atoms with E-state index in [1.54, 1.807) is 22.7 Å². The van der Waals surface area contributed by atoms with E-state index in [4.69, 9.17) is 23.2 Å². The number of hydrogen-bond donors (Lipinski definition) is 1. The summed E-state index contributed by atoms with van der Waals surface area (Å²) in [6.07, 6.45) is 0. The molecule has 0 saturated carbocycles. The molecule has 0 aliphatic carbocycles. The number of rotatable bonds is 4. The van der Waals surface area contributed by atoms with Gasteiger partial charge >= 0.3 is 0 Å². The van der Waals surface area contributed by atoms with Crippen molar-refractivity contribution in [2.75, 3.05) is 6.54 Å². The summed E-state index contributed by atoms with van der Waals surface area (Å²) in [5.41, 5.74) is 0. The van der Waals surface area contributed by atoms with Crippen molar-refractivity contribution in [1.82, 2.24) is 5.32 Å². The average Bonchev–Trinajstić information content (AvgIpc) is 2.83. The fourth-order valence-corrected chi connectivity index (χ4v) is 4.60. The van der Waals surface area contributed by atoms with Gasteiger partial charge in [-0.3, -0.25) is 0 Å². The lowest BCUT2D eigenvalue weighted by atomic mass is 10.2. The van der Waals surface area contributed by atoms with Crippen LogP contribution in [0.15, 0.2) is 22.7 Å². The Balaban J connectivity index is 2.34. The quantitative estimate of drug-likeness (QED) is 0.740. The van der Waals surface area contributed by atoms with Crippen molar-refractivity contribution in [2.45, 2.75) is 13.0 Å². The van der Waals surface area contributed by atoms with Crippen LogP contribution in [0.1, 0.15) is 22.7 Å². The maximum Gasteiger partial charge on any atom is 0.107 e. The number of halogens is 3. The summed E-state index contributed by atoms with van der Waals surface area (Å²) in [6.45, 7) is 2.99. The predicted molar refractivity (Wildman–Crippen MR) is 81.9 cm³/mol. The minimum absolute atomic E-state index is 0.172. The largest absolute Gasteiger partial charge is 0.305 e. The van der Waals surface area contributed by atoms with Crippen LogP contribution < -0.4 is 5.32 Å². The van der Waals surface area contributed by atoms with Gasteiger partial charge in [0.15, 0.2) is 0 Å². The van der Waals surface area contributed by atoms with Gasteiger partial charge in [-0.2, -0.15) is 0 Å². The lowest BCUT2D eigenvalue weighted by Gasteiger charge is -2.14. The van der Waals surface area contributed by atoms with Crippen molar-refractivity contribution >= 4 is 61.8 Å². The molecule has 0 bridgehead atoms. The lowest BCUT2D eigenvalue weighted by Crippen LogP contribution is -2.19. The zero-order chi connectivity index (χ0) is 12.4. The smallest absolute Gasteiger partial charge is 0.107 e. The summed E-state index contributed by atoms with van der Waals surface area (Å²) < 4.78 is 2.54. The Morgan fingerprint density at radius 1 is 1.29 bits per heavy atom. The molecule has 2 heterocycles. The normalized spacial score (nSPS) is 12.9. The van der Waals surface area contributed by atoms with Crippen LogP contribution in [0.2, 0.25) is 8.67 Å². The first-order valence-electron chi connectivity index (χ1n) is 5.05. The number of thiophene rings is 2. The van der Waals surface area contributed by atoms with Crippen LogP contribution in [-0.4, -0.2) is 6.54 Å². The molecular formula is C11H10BrCl2NS2. The fraction of sp³-hybridized carbons (Fsp3) is 0.273. The van der Waals surface area contributed by atoms with Crippen molar-refractivity contribution < 1.29 is 0 Å². The molecule has 1 N–H and O–H groups in total. The van der Waals surface area contributed by atoms with E-state index in [-0.39, 0.29) is 6.04 Å². The Hall–Kier alpha value is 0.420. The molecular weight excluding hydrogens is 361 g/mol. The maximum atomic E-state index is 6.09. The van der Waals surface area contributed by atoms with Gasteiger partial charge in [0.2, 0.25) is 0 Å². The molecule has 92 valence electrons. The lowest BCUT2D eigenvalue weighted by molar-refractivity contribution is 0.648. The van der Waals surface area contributed by atoms with Crippen molar-refractivity contribution in [3.05, 3.63) is 41.1 Å². The van der Waals surface area contributed by atoms with Crippen LogP contribution >= 0.6 is 61.8 Å². The van der Waals surface area contributed by atoms with Gasteiger partial charge in [0.05, 0.1) is 10.4 Å². The first kappa shape index (κ1) is 13.8. The van der Waals surface area contributed by atoms with Crippen LogP contribution in [0.4, 0.5) is 0 Å². The third kappa shape index (κ3) is 3.25. The Bertz CT molecular complexity index is 490. The summed E-state index contributed by atoms with van der Waals surface area (Å²) in [4.78, 5) is 2.41. The Kier molecular flexibility index (Phi) is 4.92. The molecule has 0 aliphatic rings. The molecule has 2 rings (SSSR count). The number of hydrogen-bond acceptors (Lipinski definition) is 3. The summed E-state index contributed by atoms with van der Waals surface area (Å²) in [6, 6.07) is 6.22. The molecule has 0 aliphatic heterocycles. The van der Waals surface area contributed by atoms with E-state index in [2.05, 4.69) is 40.3 Å². The van der Waals surface area contributed by atoms with E-state index in [1.807, 2.05) is 6.07 Å². The van der Waals surface area contributed by atoms with Crippen LogP contribution in [-0.2, 0) is 0 Å². The molecule has 2 aromatic rings. The van der Waals surface area contributed by atoms with Crippen LogP contribution in [0.5, 0.6) is 0 Å². The molecule has 0 amide bonds. The molecule has 0 saturated heterocycles. The summed E-state index contributed by atoms with van der Waals surface area (Å²) in [5.74, 6) is 0. The first-order valence-corrected chi connectivity index (χ1v) is 8.23. The van der Waals surface area contributed by atoms with E-state index in [9.17, 15) is 0 Å². The SMILES string of the molecule is CCNC(c1ccc(Cl)s1)c1cc(Br)c(Cl)s1. The monoisotopic (exact) mass is 369 g/mol. The van der Waals surface area contributed by atoms with Gasteiger partial charge in [-0.25, -0.2) is 0 Å². The summed E-state index contributed by atoms with van der Waals surface area (Å²) in [5, 5.41) is 3.45. The predicted octanol–water partition coefficient (Wildman–Crippen LogP) is 5.58. The Labute approximate surface area is 127 Å². The standard InChI is InChI=1S/C11H10BrCl2NS2/c1-2-15-10(7-3-4-9(13)16-7)8-5-6(12)11(14)17-8/h3-5,10,15H,2H2,1H3. The van der Waals surface area contributed by atoms with Crippen molar-refractivity contribution in [3.63, 3.8) is 0 Å². The highest BCUT2D eigenvalue weighted by Crippen LogP contribution is 2.39. The third-order valence-electron chi connectivity index (χ3n) is 2.24. The molecule has 0 aromatic carbocycles. The van der Waals surface area contributed by atoms with E-state index < -0.39 is 0 Å². The van der Waals surface area contributed by atoms with Gasteiger partial charge < -0.3 is 5.32 Å². The van der Waals surface area contributed by atoms with E-state index in [0.717, 1.165) is 19.7 Å². The Morgan fingerprint density at radius 2 is 2.06 bits per heavy atom. The summed E-state index contributed by atoms with van der Waals surface area (Å²) >= 11 is 18.7. The van der Waals surface area contributed by atoms with Crippen molar-refractivity contribution in [3.8, 4) is 0 Å². The van der Waals surface area contributed by atoms with Crippen molar-refractivity contribution in [1.29, 1.82) is 0 Å². The maximum absolute atomic E-state index is 6.09. The highest BCUT2D eigenvalue weighted by molar-refractivity contribution is 9.10. The van der Waals surface area contributed by atoms with Gasteiger partial charge in [0.25, 0.3) is 0 Å². The van der Waals surface area contributed by atoms with Crippen LogP contribution in [0.3, 0.4) is 0 Å². The second-order valence-corrected chi connectivity index (χ2v) is 7.69. The van der Waals surface area contributed by atoms with Gasteiger partial charge in [0, 0.05) is 14.2 Å². The van der Waals surface area contributed by atoms with Crippen molar-refractivity contribution in [2.24, 2.45) is 0 Å². The van der Waals surface area contributed by atoms with Gasteiger partial charge in [-0.1, -0.05) is 30.1 Å². The minimum atomic E-state index is 0.172. The van der Waals surface area contributed by atoms with Crippen LogP contribution in [0.25, 0.3) is 0 Å². The minimum Gasteiger partial charge on any atom is -0.305 e. The van der Waals surface area contributed by atoms with E-state index >= 15 is 0 Å². The molecule has 0 fully saturated rings. The molecule has 2 aromatic heterocycles. The zero-order valence-electron chi connectivity index (χ0n) is 8.97. The molecule has 1 nitrogen and oxygen atoms in total.